The molecule has 2 aromatic heterocycles. The third-order valence-electron chi connectivity index (χ3n) is 6.39. The van der Waals surface area contributed by atoms with Crippen molar-refractivity contribution in [3.8, 4) is 12.3 Å². The highest BCUT2D eigenvalue weighted by Crippen LogP contribution is 2.39. The number of esters is 1. The quantitative estimate of drug-likeness (QED) is 0.151. The molecule has 3 aromatic rings. The van der Waals surface area contributed by atoms with Gasteiger partial charge in [0.25, 0.3) is 0 Å². The Morgan fingerprint density at radius 3 is 2.68 bits per heavy atom. The average Bonchev–Trinajstić information content (AvgIpc) is 3.41. The number of aromatic nitrogens is 4. The fraction of sp³-hybridized carbons (Fsp3) is 0.400. The molecule has 4 rings (SSSR count). The Labute approximate surface area is 222 Å². The molecule has 38 heavy (non-hydrogen) atoms. The summed E-state index contributed by atoms with van der Waals surface area (Å²) in [5.41, 5.74) is 2.46. The van der Waals surface area contributed by atoms with Gasteiger partial charge < -0.3 is 30.2 Å². The van der Waals surface area contributed by atoms with Gasteiger partial charge in [-0.1, -0.05) is 36.3 Å². The Morgan fingerprint density at radius 1 is 1.34 bits per heavy atom. The number of aliphatic hydroxyl groups excluding tert-OH is 1. The van der Waals surface area contributed by atoms with Crippen LogP contribution in [0.5, 0.6) is 0 Å². The second-order valence-electron chi connectivity index (χ2n) is 8.71. The van der Waals surface area contributed by atoms with E-state index < -0.39 is 48.0 Å². The zero-order chi connectivity index (χ0) is 27.7. The number of terminal acetylenes is 1. The molecule has 0 bridgehead atoms. The number of carbonyl (C=O) groups is 2. The van der Waals surface area contributed by atoms with Crippen LogP contribution in [-0.2, 0) is 30.2 Å². The van der Waals surface area contributed by atoms with Crippen LogP contribution in [0, 0.1) is 12.3 Å². The van der Waals surface area contributed by atoms with Crippen LogP contribution >= 0.6 is 11.6 Å². The first-order valence-corrected chi connectivity index (χ1v) is 12.0. The van der Waals surface area contributed by atoms with Gasteiger partial charge in [-0.3, -0.25) is 9.36 Å². The number of ketones is 1. The summed E-state index contributed by atoms with van der Waals surface area (Å²) in [7, 11) is 0. The zero-order valence-corrected chi connectivity index (χ0v) is 21.3. The van der Waals surface area contributed by atoms with Gasteiger partial charge >= 0.3 is 5.97 Å². The Bertz CT molecular complexity index is 1390. The molecule has 5 atom stereocenters. The summed E-state index contributed by atoms with van der Waals surface area (Å²) in [5, 5.41) is 22.1. The van der Waals surface area contributed by atoms with Crippen molar-refractivity contribution in [2.45, 2.75) is 49.9 Å². The first-order chi connectivity index (χ1) is 18.1. The van der Waals surface area contributed by atoms with Gasteiger partial charge in [-0.05, 0) is 31.0 Å². The summed E-state index contributed by atoms with van der Waals surface area (Å²) >= 11 is 5.94. The maximum absolute atomic E-state index is 13.1. The molecule has 13 heteroatoms. The van der Waals surface area contributed by atoms with Crippen molar-refractivity contribution in [2.75, 3.05) is 18.9 Å². The van der Waals surface area contributed by atoms with Gasteiger partial charge in [-0.25, -0.2) is 9.78 Å². The lowest BCUT2D eigenvalue weighted by Crippen LogP contribution is -2.54. The second kappa shape index (κ2) is 10.6. The van der Waals surface area contributed by atoms with Crippen molar-refractivity contribution >= 4 is 40.3 Å². The van der Waals surface area contributed by atoms with Gasteiger partial charge in [0, 0.05) is 6.42 Å². The zero-order valence-electron chi connectivity index (χ0n) is 20.6. The van der Waals surface area contributed by atoms with Gasteiger partial charge in [0.05, 0.1) is 19.5 Å². The lowest BCUT2D eigenvalue weighted by Gasteiger charge is -2.32. The van der Waals surface area contributed by atoms with E-state index in [1.807, 2.05) is 0 Å². The first kappa shape index (κ1) is 27.4. The molecular formula is C25H26ClN5O7. The van der Waals surface area contributed by atoms with Gasteiger partial charge in [-0.2, -0.15) is 9.97 Å². The summed E-state index contributed by atoms with van der Waals surface area (Å²) in [5.74, 6) is 0.627. The fourth-order valence-corrected chi connectivity index (χ4v) is 4.49. The van der Waals surface area contributed by atoms with Crippen LogP contribution < -0.4 is 5.73 Å². The number of aliphatic hydroxyl groups is 2. The Morgan fingerprint density at radius 2 is 2.05 bits per heavy atom. The van der Waals surface area contributed by atoms with Crippen molar-refractivity contribution in [3.63, 3.8) is 0 Å². The molecule has 1 fully saturated rings. The van der Waals surface area contributed by atoms with Crippen molar-refractivity contribution in [1.29, 1.82) is 0 Å². The number of hydrogen-bond acceptors (Lipinski definition) is 11. The van der Waals surface area contributed by atoms with Crippen molar-refractivity contribution in [1.82, 2.24) is 19.5 Å². The summed E-state index contributed by atoms with van der Waals surface area (Å²) in [6, 6.07) is 8.75. The third kappa shape index (κ3) is 4.70. The lowest BCUT2D eigenvalue weighted by molar-refractivity contribution is -0.184. The number of nitrogens with two attached hydrogens (primary N) is 1. The van der Waals surface area contributed by atoms with Crippen LogP contribution in [0.4, 0.5) is 5.82 Å². The maximum atomic E-state index is 13.1. The van der Waals surface area contributed by atoms with Crippen LogP contribution in [0.3, 0.4) is 0 Å². The highest BCUT2D eigenvalue weighted by molar-refractivity contribution is 6.28. The van der Waals surface area contributed by atoms with E-state index in [-0.39, 0.29) is 35.3 Å². The summed E-state index contributed by atoms with van der Waals surface area (Å²) in [6.07, 6.45) is 2.35. The van der Waals surface area contributed by atoms with Crippen LogP contribution in [0.25, 0.3) is 11.2 Å². The number of imidazole rings is 1. The minimum absolute atomic E-state index is 0.0000722. The van der Waals surface area contributed by atoms with E-state index in [0.717, 1.165) is 0 Å². The predicted octanol–water partition coefficient (Wildman–Crippen LogP) is 0.835. The average molecular weight is 544 g/mol. The Balaban J connectivity index is 1.67. The van der Waals surface area contributed by atoms with Crippen LogP contribution in [0.1, 0.15) is 25.6 Å². The third-order valence-corrected chi connectivity index (χ3v) is 6.56. The fourth-order valence-electron chi connectivity index (χ4n) is 4.31. The van der Waals surface area contributed by atoms with E-state index >= 15 is 0 Å². The molecule has 1 aromatic carbocycles. The van der Waals surface area contributed by atoms with E-state index in [0.29, 0.717) is 5.56 Å². The lowest BCUT2D eigenvalue weighted by atomic mass is 9.89. The van der Waals surface area contributed by atoms with E-state index in [4.69, 9.17) is 38.0 Å². The number of hydrogen-bond donors (Lipinski definition) is 3. The number of halogens is 1. The van der Waals surface area contributed by atoms with Crippen LogP contribution in [0.2, 0.25) is 5.28 Å². The molecule has 0 amide bonds. The molecule has 3 heterocycles. The molecule has 0 spiro atoms. The number of carbonyl (C=O) groups excluding carboxylic acids is 2. The van der Waals surface area contributed by atoms with E-state index in [1.165, 1.54) is 17.8 Å². The van der Waals surface area contributed by atoms with Crippen LogP contribution in [-0.4, -0.2) is 78.1 Å². The van der Waals surface area contributed by atoms with Crippen molar-refractivity contribution in [2.24, 2.45) is 0 Å². The number of ether oxygens (including phenoxy) is 3. The number of Topliss-reactive ketones (excluding diaryl/α,β-unsaturated/α-hetero) is 1. The molecule has 0 saturated carbocycles. The first-order valence-electron chi connectivity index (χ1n) is 11.6. The second-order valence-corrected chi connectivity index (χ2v) is 9.05. The topological polar surface area (TPSA) is 172 Å². The molecule has 12 nitrogen and oxygen atoms in total. The highest BCUT2D eigenvalue weighted by Gasteiger charge is 2.57. The van der Waals surface area contributed by atoms with Gasteiger partial charge in [0.1, 0.15) is 17.7 Å². The molecule has 4 N–H and O–H groups in total. The van der Waals surface area contributed by atoms with E-state index in [1.54, 1.807) is 37.3 Å². The van der Waals surface area contributed by atoms with Crippen molar-refractivity contribution < 1.29 is 34.0 Å². The normalized spacial score (nSPS) is 24.6. The molecular weight excluding hydrogens is 518 g/mol. The molecule has 0 aliphatic carbocycles. The Hall–Kier alpha value is -3.60. The van der Waals surface area contributed by atoms with E-state index in [2.05, 4.69) is 20.9 Å². The van der Waals surface area contributed by atoms with E-state index in [9.17, 15) is 19.8 Å². The molecule has 0 radical (unpaired) electrons. The monoisotopic (exact) mass is 543 g/mol. The molecule has 1 saturated heterocycles. The summed E-state index contributed by atoms with van der Waals surface area (Å²) < 4.78 is 18.3. The summed E-state index contributed by atoms with van der Waals surface area (Å²) in [4.78, 5) is 38.0. The number of fused-ring (bicyclic) bond motifs is 1. The number of anilines is 1. The number of nitrogens with zero attached hydrogens (tertiary/aromatic N) is 4. The maximum Gasteiger partial charge on any atom is 0.346 e. The summed E-state index contributed by atoms with van der Waals surface area (Å²) in [6.45, 7) is 2.25. The minimum Gasteiger partial charge on any atom is -0.463 e. The molecule has 1 unspecified atom stereocenters. The number of nitrogen functional groups attached to an aromatic ring is 1. The highest BCUT2D eigenvalue weighted by atomic mass is 35.5. The standard InChI is InChI=1S/C25H26ClN5O7/c1-4-24(35)16(38-21(18(24)33)31-13-28-17-19(27)29-23(26)30-20(17)31)12-37-25(14(3)32,22(34)36-5-2)11-15-9-7-6-8-10-15/h1,6-10,13,16,18,21,33,35H,5,11-12H2,2-3H3,(H2,27,29,30)/t16-,18+,21-,24-,25?/m1/s1. The van der Waals surface area contributed by atoms with Gasteiger partial charge in [0.2, 0.25) is 10.9 Å². The van der Waals surface area contributed by atoms with Crippen LogP contribution in [0.15, 0.2) is 36.7 Å². The largest absolute Gasteiger partial charge is 0.463 e. The molecule has 1 aliphatic rings. The number of rotatable bonds is 9. The molecule has 200 valence electrons. The number of benzene rings is 1. The van der Waals surface area contributed by atoms with Gasteiger partial charge in [-0.15, -0.1) is 6.42 Å². The SMILES string of the molecule is C#C[C@@]1(O)[C@@H](COC(Cc2ccccc2)(C(C)=O)C(=O)OCC)O[C@@H](n2cnc3c(N)nc(Cl)nc32)[C@@H]1O. The molecule has 1 aliphatic heterocycles. The van der Waals surface area contributed by atoms with Gasteiger partial charge in [0.15, 0.2) is 29.1 Å². The van der Waals surface area contributed by atoms with Crippen molar-refractivity contribution in [3.05, 3.63) is 47.5 Å². The predicted molar refractivity (Wildman–Crippen MR) is 135 cm³/mol. The Kier molecular flexibility index (Phi) is 7.68. The minimum atomic E-state index is -2.28. The smallest absolute Gasteiger partial charge is 0.346 e.